The minimum atomic E-state index is -2.81. The molecular formula is C11H25NO2S. The van der Waals surface area contributed by atoms with Crippen molar-refractivity contribution in [2.24, 2.45) is 0 Å². The molecule has 0 aliphatic heterocycles. The van der Waals surface area contributed by atoms with Crippen LogP contribution in [0.25, 0.3) is 0 Å². The van der Waals surface area contributed by atoms with Crippen molar-refractivity contribution < 1.29 is 8.42 Å². The molecule has 0 aromatic carbocycles. The number of unbranched alkanes of at least 4 members (excludes halogenated alkanes) is 2. The third-order valence-electron chi connectivity index (χ3n) is 2.49. The SMILES string of the molecule is CCCCCC(CCS(C)(=O)=O)NCC. The average molecular weight is 235 g/mol. The summed E-state index contributed by atoms with van der Waals surface area (Å²) in [6, 6.07) is 0.372. The first-order valence-corrected chi connectivity index (χ1v) is 7.96. The lowest BCUT2D eigenvalue weighted by atomic mass is 10.1. The molecule has 0 amide bonds. The Balaban J connectivity index is 3.82. The van der Waals surface area contributed by atoms with Crippen molar-refractivity contribution in [3.8, 4) is 0 Å². The molecule has 0 heterocycles. The van der Waals surface area contributed by atoms with Gasteiger partial charge in [-0.05, 0) is 19.4 Å². The Labute approximate surface area is 94.6 Å². The molecule has 1 atom stereocenters. The van der Waals surface area contributed by atoms with Crippen molar-refractivity contribution in [1.29, 1.82) is 0 Å². The second kappa shape index (κ2) is 8.11. The van der Waals surface area contributed by atoms with Gasteiger partial charge in [-0.1, -0.05) is 33.1 Å². The predicted molar refractivity (Wildman–Crippen MR) is 65.9 cm³/mol. The smallest absolute Gasteiger partial charge is 0.147 e. The molecule has 0 aromatic rings. The second-order valence-electron chi connectivity index (χ2n) is 4.17. The van der Waals surface area contributed by atoms with E-state index in [1.165, 1.54) is 25.5 Å². The summed E-state index contributed by atoms with van der Waals surface area (Å²) in [5, 5.41) is 3.35. The largest absolute Gasteiger partial charge is 0.314 e. The standard InChI is InChI=1S/C11H25NO2S/c1-4-6-7-8-11(12-5-2)9-10-15(3,13)14/h11-12H,4-10H2,1-3H3. The van der Waals surface area contributed by atoms with Crippen molar-refractivity contribution in [3.63, 3.8) is 0 Å². The van der Waals surface area contributed by atoms with Crippen LogP contribution in [0, 0.1) is 0 Å². The summed E-state index contributed by atoms with van der Waals surface area (Å²) in [6.07, 6.45) is 6.79. The van der Waals surface area contributed by atoms with E-state index < -0.39 is 9.84 Å². The molecule has 0 bridgehead atoms. The topological polar surface area (TPSA) is 46.2 Å². The number of hydrogen-bond donors (Lipinski definition) is 1. The quantitative estimate of drug-likeness (QED) is 0.622. The highest BCUT2D eigenvalue weighted by Gasteiger charge is 2.10. The molecule has 0 aliphatic carbocycles. The summed E-state index contributed by atoms with van der Waals surface area (Å²) in [4.78, 5) is 0. The maximum absolute atomic E-state index is 11.0. The van der Waals surface area contributed by atoms with Crippen LogP contribution < -0.4 is 5.32 Å². The van der Waals surface area contributed by atoms with Gasteiger partial charge in [0.05, 0.1) is 5.75 Å². The monoisotopic (exact) mass is 235 g/mol. The molecule has 92 valence electrons. The zero-order valence-electron chi connectivity index (χ0n) is 10.3. The van der Waals surface area contributed by atoms with E-state index in [2.05, 4.69) is 19.2 Å². The second-order valence-corrected chi connectivity index (χ2v) is 6.43. The average Bonchev–Trinajstić information content (AvgIpc) is 2.13. The number of hydrogen-bond acceptors (Lipinski definition) is 3. The van der Waals surface area contributed by atoms with E-state index in [0.29, 0.717) is 11.8 Å². The van der Waals surface area contributed by atoms with Crippen LogP contribution >= 0.6 is 0 Å². The summed E-state index contributed by atoms with van der Waals surface area (Å²) in [7, 11) is -2.81. The Bertz CT molecular complexity index is 237. The van der Waals surface area contributed by atoms with Gasteiger partial charge in [0.15, 0.2) is 0 Å². The third kappa shape index (κ3) is 10.2. The molecule has 0 aliphatic rings. The molecule has 0 rings (SSSR count). The summed E-state index contributed by atoms with van der Waals surface area (Å²) in [5.41, 5.74) is 0. The van der Waals surface area contributed by atoms with E-state index in [0.717, 1.165) is 19.4 Å². The first-order chi connectivity index (χ1) is 6.99. The van der Waals surface area contributed by atoms with E-state index in [1.807, 2.05) is 0 Å². The van der Waals surface area contributed by atoms with Crippen LogP contribution in [-0.2, 0) is 9.84 Å². The Morgan fingerprint density at radius 1 is 1.13 bits per heavy atom. The van der Waals surface area contributed by atoms with E-state index in [4.69, 9.17) is 0 Å². The fourth-order valence-electron chi connectivity index (χ4n) is 1.63. The van der Waals surface area contributed by atoms with Crippen molar-refractivity contribution >= 4 is 9.84 Å². The Kier molecular flexibility index (Phi) is 8.06. The van der Waals surface area contributed by atoms with Gasteiger partial charge < -0.3 is 5.32 Å². The Morgan fingerprint density at radius 3 is 2.27 bits per heavy atom. The molecule has 0 aromatic heterocycles. The van der Waals surface area contributed by atoms with Crippen LogP contribution in [0.1, 0.15) is 46.0 Å². The molecule has 15 heavy (non-hydrogen) atoms. The Hall–Kier alpha value is -0.0900. The fourth-order valence-corrected chi connectivity index (χ4v) is 2.35. The van der Waals surface area contributed by atoms with Crippen LogP contribution in [0.3, 0.4) is 0 Å². The molecule has 0 fully saturated rings. The molecule has 0 saturated carbocycles. The van der Waals surface area contributed by atoms with Crippen molar-refractivity contribution in [1.82, 2.24) is 5.32 Å². The lowest BCUT2D eigenvalue weighted by Gasteiger charge is -2.16. The van der Waals surface area contributed by atoms with E-state index in [9.17, 15) is 8.42 Å². The fraction of sp³-hybridized carbons (Fsp3) is 1.00. The molecule has 3 nitrogen and oxygen atoms in total. The van der Waals surface area contributed by atoms with Gasteiger partial charge in [-0.2, -0.15) is 0 Å². The maximum atomic E-state index is 11.0. The molecule has 1 unspecified atom stereocenters. The number of sulfone groups is 1. The van der Waals surface area contributed by atoms with Crippen LogP contribution in [0.5, 0.6) is 0 Å². The Morgan fingerprint density at radius 2 is 1.80 bits per heavy atom. The lowest BCUT2D eigenvalue weighted by molar-refractivity contribution is 0.457. The molecular weight excluding hydrogens is 210 g/mol. The normalized spacial score (nSPS) is 14.1. The number of nitrogens with one attached hydrogen (secondary N) is 1. The highest BCUT2D eigenvalue weighted by molar-refractivity contribution is 7.90. The van der Waals surface area contributed by atoms with Crippen molar-refractivity contribution in [3.05, 3.63) is 0 Å². The minimum absolute atomic E-state index is 0.302. The first-order valence-electron chi connectivity index (χ1n) is 5.90. The van der Waals surface area contributed by atoms with Gasteiger partial charge in [-0.25, -0.2) is 8.42 Å². The van der Waals surface area contributed by atoms with Gasteiger partial charge in [0.1, 0.15) is 9.84 Å². The van der Waals surface area contributed by atoms with Gasteiger partial charge in [-0.3, -0.25) is 0 Å². The maximum Gasteiger partial charge on any atom is 0.147 e. The summed E-state index contributed by atoms with van der Waals surface area (Å²) in [6.45, 7) is 5.16. The number of rotatable bonds is 9. The molecule has 1 N–H and O–H groups in total. The molecule has 4 heteroatoms. The van der Waals surface area contributed by atoms with Crippen molar-refractivity contribution in [2.45, 2.75) is 52.0 Å². The van der Waals surface area contributed by atoms with Gasteiger partial charge in [0, 0.05) is 12.3 Å². The van der Waals surface area contributed by atoms with Crippen LogP contribution in [0.4, 0.5) is 0 Å². The summed E-state index contributed by atoms with van der Waals surface area (Å²) >= 11 is 0. The first kappa shape index (κ1) is 14.9. The van der Waals surface area contributed by atoms with Crippen LogP contribution in [-0.4, -0.2) is 33.0 Å². The summed E-state index contributed by atoms with van der Waals surface area (Å²) < 4.78 is 22.1. The zero-order valence-corrected chi connectivity index (χ0v) is 11.1. The molecule has 0 radical (unpaired) electrons. The van der Waals surface area contributed by atoms with Gasteiger partial charge >= 0.3 is 0 Å². The zero-order chi connectivity index (χ0) is 11.7. The van der Waals surface area contributed by atoms with Gasteiger partial charge in [0.2, 0.25) is 0 Å². The van der Waals surface area contributed by atoms with Crippen LogP contribution in [0.2, 0.25) is 0 Å². The van der Waals surface area contributed by atoms with Gasteiger partial charge in [-0.15, -0.1) is 0 Å². The highest BCUT2D eigenvalue weighted by atomic mass is 32.2. The lowest BCUT2D eigenvalue weighted by Crippen LogP contribution is -2.30. The minimum Gasteiger partial charge on any atom is -0.314 e. The van der Waals surface area contributed by atoms with E-state index >= 15 is 0 Å². The third-order valence-corrected chi connectivity index (χ3v) is 3.46. The van der Waals surface area contributed by atoms with E-state index in [-0.39, 0.29) is 0 Å². The van der Waals surface area contributed by atoms with Crippen LogP contribution in [0.15, 0.2) is 0 Å². The van der Waals surface area contributed by atoms with Gasteiger partial charge in [0.25, 0.3) is 0 Å². The molecule has 0 saturated heterocycles. The highest BCUT2D eigenvalue weighted by Crippen LogP contribution is 2.07. The molecule has 0 spiro atoms. The summed E-state index contributed by atoms with van der Waals surface area (Å²) in [5.74, 6) is 0.302. The predicted octanol–water partition coefficient (Wildman–Crippen LogP) is 1.98. The van der Waals surface area contributed by atoms with Crippen molar-refractivity contribution in [2.75, 3.05) is 18.6 Å². The van der Waals surface area contributed by atoms with E-state index in [1.54, 1.807) is 0 Å².